The number of methoxy groups -OCH3 is 1. The number of hydrogen-bond donors (Lipinski definition) is 2. The molecule has 1 heterocycles. The number of carbonyl (C=O) groups is 2. The maximum atomic E-state index is 12.1. The Bertz CT molecular complexity index is 687. The van der Waals surface area contributed by atoms with Crippen LogP contribution in [-0.4, -0.2) is 23.9 Å². The third-order valence-corrected chi connectivity index (χ3v) is 3.97. The van der Waals surface area contributed by atoms with Crippen LogP contribution >= 0.6 is 27.3 Å². The summed E-state index contributed by atoms with van der Waals surface area (Å²) in [6, 6.07) is 5.00. The van der Waals surface area contributed by atoms with Gasteiger partial charge in [-0.3, -0.25) is 14.9 Å². The van der Waals surface area contributed by atoms with Crippen molar-refractivity contribution < 1.29 is 14.3 Å². The van der Waals surface area contributed by atoms with Gasteiger partial charge in [-0.05, 0) is 34.1 Å². The molecular formula is C13H12BrN3O3S. The van der Waals surface area contributed by atoms with Gasteiger partial charge in [0, 0.05) is 10.9 Å². The summed E-state index contributed by atoms with van der Waals surface area (Å²) < 4.78 is 5.79. The number of nitrogens with two attached hydrogens (primary N) is 1. The highest BCUT2D eigenvalue weighted by Crippen LogP contribution is 2.26. The molecule has 0 aliphatic heterocycles. The first-order valence-corrected chi connectivity index (χ1v) is 7.54. The largest absolute Gasteiger partial charge is 0.496 e. The molecule has 6 nitrogen and oxygen atoms in total. The number of ether oxygens (including phenoxy) is 1. The average Bonchev–Trinajstić information content (AvgIpc) is 2.84. The summed E-state index contributed by atoms with van der Waals surface area (Å²) in [5, 5.41) is 4.78. The van der Waals surface area contributed by atoms with Gasteiger partial charge in [0.25, 0.3) is 5.91 Å². The van der Waals surface area contributed by atoms with Gasteiger partial charge >= 0.3 is 0 Å². The Hall–Kier alpha value is -1.93. The van der Waals surface area contributed by atoms with Crippen LogP contribution in [-0.2, 0) is 11.2 Å². The lowest BCUT2D eigenvalue weighted by Crippen LogP contribution is -2.14. The van der Waals surface area contributed by atoms with E-state index in [2.05, 4.69) is 26.2 Å². The summed E-state index contributed by atoms with van der Waals surface area (Å²) in [4.78, 5) is 27.0. The van der Waals surface area contributed by atoms with Crippen LogP contribution in [0.4, 0.5) is 5.13 Å². The van der Waals surface area contributed by atoms with Gasteiger partial charge in [0.05, 0.1) is 23.7 Å². The Morgan fingerprint density at radius 2 is 2.24 bits per heavy atom. The Morgan fingerprint density at radius 1 is 1.48 bits per heavy atom. The number of primary amides is 1. The number of nitrogens with zero attached hydrogens (tertiary/aromatic N) is 1. The summed E-state index contributed by atoms with van der Waals surface area (Å²) >= 11 is 4.56. The topological polar surface area (TPSA) is 94.3 Å². The molecule has 0 atom stereocenters. The lowest BCUT2D eigenvalue weighted by Gasteiger charge is -2.06. The van der Waals surface area contributed by atoms with Gasteiger partial charge in [-0.15, -0.1) is 11.3 Å². The van der Waals surface area contributed by atoms with Crippen molar-refractivity contribution in [3.63, 3.8) is 0 Å². The fourth-order valence-corrected chi connectivity index (χ4v) is 2.85. The van der Waals surface area contributed by atoms with Crippen LogP contribution in [0.1, 0.15) is 16.1 Å². The van der Waals surface area contributed by atoms with Crippen molar-refractivity contribution in [2.45, 2.75) is 6.42 Å². The molecule has 0 saturated heterocycles. The van der Waals surface area contributed by atoms with Gasteiger partial charge in [0.15, 0.2) is 5.13 Å². The minimum Gasteiger partial charge on any atom is -0.496 e. The fourth-order valence-electron chi connectivity index (χ4n) is 1.60. The van der Waals surface area contributed by atoms with Crippen LogP contribution in [0.5, 0.6) is 5.75 Å². The van der Waals surface area contributed by atoms with Gasteiger partial charge in [-0.2, -0.15) is 0 Å². The number of anilines is 1. The van der Waals surface area contributed by atoms with Crippen molar-refractivity contribution in [2.75, 3.05) is 12.4 Å². The maximum Gasteiger partial charge on any atom is 0.257 e. The highest BCUT2D eigenvalue weighted by molar-refractivity contribution is 9.10. The minimum absolute atomic E-state index is 0.0560. The molecule has 0 unspecified atom stereocenters. The third-order valence-electron chi connectivity index (χ3n) is 2.54. The van der Waals surface area contributed by atoms with Crippen LogP contribution in [0.3, 0.4) is 0 Å². The molecule has 0 aliphatic rings. The van der Waals surface area contributed by atoms with E-state index in [0.29, 0.717) is 26.6 Å². The molecule has 110 valence electrons. The normalized spacial score (nSPS) is 10.2. The molecule has 2 aromatic rings. The Kier molecular flexibility index (Phi) is 4.92. The number of amides is 2. The van der Waals surface area contributed by atoms with Crippen LogP contribution in [0, 0.1) is 0 Å². The number of aromatic nitrogens is 1. The van der Waals surface area contributed by atoms with Crippen molar-refractivity contribution in [1.29, 1.82) is 0 Å². The van der Waals surface area contributed by atoms with Crippen LogP contribution in [0.25, 0.3) is 0 Å². The monoisotopic (exact) mass is 369 g/mol. The third kappa shape index (κ3) is 4.02. The van der Waals surface area contributed by atoms with Gasteiger partial charge in [0.2, 0.25) is 5.91 Å². The highest BCUT2D eigenvalue weighted by atomic mass is 79.9. The first kappa shape index (κ1) is 15.5. The Morgan fingerprint density at radius 3 is 2.86 bits per heavy atom. The van der Waals surface area contributed by atoms with Crippen molar-refractivity contribution in [1.82, 2.24) is 4.98 Å². The number of nitrogens with one attached hydrogen (secondary N) is 1. The van der Waals surface area contributed by atoms with E-state index in [9.17, 15) is 9.59 Å². The van der Waals surface area contributed by atoms with Crippen LogP contribution < -0.4 is 15.8 Å². The standard InChI is InChI=1S/C13H12BrN3O3S/c1-20-10-3-2-7(4-9(10)14)12(19)17-13-16-8(6-21-13)5-11(15)18/h2-4,6H,5H2,1H3,(H2,15,18)(H,16,17,19). The minimum atomic E-state index is -0.461. The van der Waals surface area contributed by atoms with E-state index in [0.717, 1.165) is 0 Å². The second-order valence-corrected chi connectivity index (χ2v) is 5.80. The highest BCUT2D eigenvalue weighted by Gasteiger charge is 2.12. The summed E-state index contributed by atoms with van der Waals surface area (Å²) in [5.74, 6) is -0.111. The molecule has 21 heavy (non-hydrogen) atoms. The number of hydrogen-bond acceptors (Lipinski definition) is 5. The van der Waals surface area contributed by atoms with E-state index < -0.39 is 5.91 Å². The van der Waals surface area contributed by atoms with Crippen LogP contribution in [0.15, 0.2) is 28.1 Å². The molecule has 8 heteroatoms. The van der Waals surface area contributed by atoms with E-state index in [-0.39, 0.29) is 12.3 Å². The SMILES string of the molecule is COc1ccc(C(=O)Nc2nc(CC(N)=O)cs2)cc1Br. The fraction of sp³-hybridized carbons (Fsp3) is 0.154. The smallest absolute Gasteiger partial charge is 0.257 e. The molecule has 1 aromatic heterocycles. The van der Waals surface area contributed by atoms with Crippen molar-refractivity contribution in [2.24, 2.45) is 5.73 Å². The van der Waals surface area contributed by atoms with Crippen molar-refractivity contribution in [3.8, 4) is 5.75 Å². The molecule has 0 radical (unpaired) electrons. The van der Waals surface area contributed by atoms with Gasteiger partial charge in [-0.25, -0.2) is 4.98 Å². The molecule has 2 amide bonds. The van der Waals surface area contributed by atoms with Gasteiger partial charge in [0.1, 0.15) is 5.75 Å². The molecule has 0 aliphatic carbocycles. The number of rotatable bonds is 5. The lowest BCUT2D eigenvalue weighted by atomic mass is 10.2. The number of carbonyl (C=O) groups excluding carboxylic acids is 2. The van der Waals surface area contributed by atoms with Crippen molar-refractivity contribution >= 4 is 44.2 Å². The molecule has 0 fully saturated rings. The quantitative estimate of drug-likeness (QED) is 0.844. The van der Waals surface area contributed by atoms with Gasteiger partial charge < -0.3 is 10.5 Å². The number of benzene rings is 1. The molecule has 0 saturated carbocycles. The predicted octanol–water partition coefficient (Wildman–Crippen LogP) is 2.19. The summed E-state index contributed by atoms with van der Waals surface area (Å²) in [6.45, 7) is 0. The number of thiazole rings is 1. The first-order chi connectivity index (χ1) is 9.99. The van der Waals surface area contributed by atoms with E-state index >= 15 is 0 Å². The zero-order valence-corrected chi connectivity index (χ0v) is 13.5. The Labute approximate surface area is 133 Å². The Balaban J connectivity index is 2.09. The number of halogens is 1. The predicted molar refractivity (Wildman–Crippen MR) is 83.7 cm³/mol. The summed E-state index contributed by atoms with van der Waals surface area (Å²) in [5.41, 5.74) is 6.10. The van der Waals surface area contributed by atoms with E-state index in [1.54, 1.807) is 30.7 Å². The summed E-state index contributed by atoms with van der Waals surface area (Å²) in [7, 11) is 1.55. The second kappa shape index (κ2) is 6.68. The van der Waals surface area contributed by atoms with E-state index in [4.69, 9.17) is 10.5 Å². The zero-order chi connectivity index (χ0) is 15.4. The van der Waals surface area contributed by atoms with Crippen molar-refractivity contribution in [3.05, 3.63) is 39.3 Å². The summed E-state index contributed by atoms with van der Waals surface area (Å²) in [6.07, 6.45) is 0.0560. The van der Waals surface area contributed by atoms with Gasteiger partial charge in [-0.1, -0.05) is 0 Å². The zero-order valence-electron chi connectivity index (χ0n) is 11.1. The molecule has 3 N–H and O–H groups in total. The molecule has 0 spiro atoms. The average molecular weight is 370 g/mol. The maximum absolute atomic E-state index is 12.1. The van der Waals surface area contributed by atoms with E-state index in [1.807, 2.05) is 0 Å². The molecule has 1 aromatic carbocycles. The molecule has 2 rings (SSSR count). The second-order valence-electron chi connectivity index (χ2n) is 4.09. The van der Waals surface area contributed by atoms with E-state index in [1.165, 1.54) is 11.3 Å². The lowest BCUT2D eigenvalue weighted by molar-refractivity contribution is -0.117. The molecule has 0 bridgehead atoms. The molecular weight excluding hydrogens is 358 g/mol. The first-order valence-electron chi connectivity index (χ1n) is 5.87. The van der Waals surface area contributed by atoms with Crippen LogP contribution in [0.2, 0.25) is 0 Å².